The molecular weight excluding hydrogens is 484 g/mol. The Morgan fingerprint density at radius 1 is 0.973 bits per heavy atom. The van der Waals surface area contributed by atoms with Gasteiger partial charge in [0.1, 0.15) is 0 Å². The summed E-state index contributed by atoms with van der Waals surface area (Å²) in [5.74, 6) is 3.08. The summed E-state index contributed by atoms with van der Waals surface area (Å²) in [6.45, 7) is 9.46. The van der Waals surface area contributed by atoms with Gasteiger partial charge < -0.3 is 10.2 Å². The molecule has 1 aromatic rings. The Hall–Kier alpha value is -0.950. The Morgan fingerprint density at radius 3 is 2.38 bits per heavy atom. The van der Waals surface area contributed by atoms with Crippen molar-refractivity contribution >= 4 is 10.1 Å². The van der Waals surface area contributed by atoms with Gasteiger partial charge in [0.25, 0.3) is 10.1 Å². The lowest BCUT2D eigenvalue weighted by Crippen LogP contribution is -2.58. The number of aryl methyl sites for hydroxylation is 1. The molecule has 0 bridgehead atoms. The molecule has 4 aliphatic carbocycles. The van der Waals surface area contributed by atoms with Gasteiger partial charge in [0.15, 0.2) is 0 Å². The molecule has 0 amide bonds. The summed E-state index contributed by atoms with van der Waals surface area (Å²) in [5, 5.41) is 21.7. The molecule has 10 atom stereocenters. The van der Waals surface area contributed by atoms with Gasteiger partial charge in [-0.2, -0.15) is 8.42 Å². The molecule has 5 nitrogen and oxygen atoms in total. The summed E-state index contributed by atoms with van der Waals surface area (Å²) < 4.78 is 30.4. The molecule has 6 heteroatoms. The topological polar surface area (TPSA) is 83.8 Å². The minimum Gasteiger partial charge on any atom is -0.393 e. The molecule has 0 aromatic heterocycles. The first-order valence-corrected chi connectivity index (χ1v) is 16.2. The molecule has 1 unspecified atom stereocenters. The van der Waals surface area contributed by atoms with E-state index in [2.05, 4.69) is 20.8 Å². The van der Waals surface area contributed by atoms with Crippen LogP contribution in [0.3, 0.4) is 0 Å². The molecule has 4 aliphatic rings. The zero-order valence-electron chi connectivity index (χ0n) is 23.2. The number of fused-ring (bicyclic) bond motifs is 5. The van der Waals surface area contributed by atoms with Crippen molar-refractivity contribution in [3.05, 3.63) is 29.8 Å². The van der Waals surface area contributed by atoms with Crippen LogP contribution in [0, 0.1) is 53.3 Å². The number of hydrogen-bond donors (Lipinski definition) is 2. The Bertz CT molecular complexity index is 1050. The first-order chi connectivity index (χ1) is 17.5. The van der Waals surface area contributed by atoms with Gasteiger partial charge in [0.2, 0.25) is 0 Å². The molecular formula is C31H48O5S. The lowest BCUT2D eigenvalue weighted by molar-refractivity contribution is -0.174. The summed E-state index contributed by atoms with van der Waals surface area (Å²) >= 11 is 0. The normalized spacial score (nSPS) is 42.5. The highest BCUT2D eigenvalue weighted by atomic mass is 32.2. The zero-order valence-corrected chi connectivity index (χ0v) is 24.1. The van der Waals surface area contributed by atoms with Crippen molar-refractivity contribution in [3.63, 3.8) is 0 Å². The fourth-order valence-corrected chi connectivity index (χ4v) is 10.7. The molecule has 0 radical (unpaired) electrons. The second-order valence-corrected chi connectivity index (χ2v) is 15.3. The summed E-state index contributed by atoms with van der Waals surface area (Å²) in [5.41, 5.74) is 1.53. The molecule has 0 spiro atoms. The monoisotopic (exact) mass is 532 g/mol. The van der Waals surface area contributed by atoms with Crippen LogP contribution in [0.25, 0.3) is 0 Å². The predicted molar refractivity (Wildman–Crippen MR) is 145 cm³/mol. The van der Waals surface area contributed by atoms with E-state index in [9.17, 15) is 18.6 Å². The van der Waals surface area contributed by atoms with Crippen molar-refractivity contribution in [2.24, 2.45) is 46.3 Å². The highest BCUT2D eigenvalue weighted by Crippen LogP contribution is 2.68. The molecule has 4 fully saturated rings. The summed E-state index contributed by atoms with van der Waals surface area (Å²) in [6.07, 6.45) is 9.82. The molecule has 0 heterocycles. The largest absolute Gasteiger partial charge is 0.393 e. The van der Waals surface area contributed by atoms with E-state index >= 15 is 0 Å². The van der Waals surface area contributed by atoms with Gasteiger partial charge in [-0.3, -0.25) is 4.18 Å². The SMILES string of the molecule is Cc1ccc(S(=O)(=O)OCCC[C@@H](C)[C@H]2CC[C@H]3[C@@H]4[C@@H](O)CC5C[C@H](O)CC[C@]5(C)[C@H]4CC[C@]23C)cc1. The number of rotatable bonds is 7. The molecule has 0 aliphatic heterocycles. The van der Waals surface area contributed by atoms with E-state index in [1.165, 1.54) is 25.7 Å². The van der Waals surface area contributed by atoms with Gasteiger partial charge in [0.05, 0.1) is 23.7 Å². The van der Waals surface area contributed by atoms with E-state index < -0.39 is 10.1 Å². The maximum Gasteiger partial charge on any atom is 0.296 e. The van der Waals surface area contributed by atoms with Crippen LogP contribution in [0.1, 0.15) is 90.5 Å². The molecule has 37 heavy (non-hydrogen) atoms. The third-order valence-corrected chi connectivity index (χ3v) is 13.1. The maximum atomic E-state index is 12.5. The van der Waals surface area contributed by atoms with Crippen LogP contribution in [-0.4, -0.2) is 37.4 Å². The van der Waals surface area contributed by atoms with Crippen LogP contribution in [0.5, 0.6) is 0 Å². The number of aliphatic hydroxyl groups is 2. The average molecular weight is 533 g/mol. The van der Waals surface area contributed by atoms with Crippen molar-refractivity contribution in [1.29, 1.82) is 0 Å². The van der Waals surface area contributed by atoms with Gasteiger partial charge in [0, 0.05) is 0 Å². The first-order valence-electron chi connectivity index (χ1n) is 14.8. The molecule has 208 valence electrons. The lowest BCUT2D eigenvalue weighted by Gasteiger charge is -2.62. The van der Waals surface area contributed by atoms with E-state index in [1.807, 2.05) is 6.92 Å². The van der Waals surface area contributed by atoms with E-state index in [0.29, 0.717) is 35.5 Å². The van der Waals surface area contributed by atoms with Crippen molar-refractivity contribution < 1.29 is 22.8 Å². The number of benzene rings is 1. The maximum absolute atomic E-state index is 12.5. The van der Waals surface area contributed by atoms with Crippen molar-refractivity contribution in [2.45, 2.75) is 109 Å². The van der Waals surface area contributed by atoms with Crippen LogP contribution >= 0.6 is 0 Å². The molecule has 1 aromatic carbocycles. The van der Waals surface area contributed by atoms with E-state index in [-0.39, 0.29) is 34.5 Å². The second-order valence-electron chi connectivity index (χ2n) is 13.7. The van der Waals surface area contributed by atoms with Crippen LogP contribution in [-0.2, 0) is 14.3 Å². The third-order valence-electron chi connectivity index (χ3n) is 11.8. The average Bonchev–Trinajstić information content (AvgIpc) is 3.20. The Labute approximate surface area is 224 Å². The third kappa shape index (κ3) is 4.94. The molecule has 2 N–H and O–H groups in total. The summed E-state index contributed by atoms with van der Waals surface area (Å²) in [7, 11) is -3.71. The van der Waals surface area contributed by atoms with E-state index in [1.54, 1.807) is 24.3 Å². The van der Waals surface area contributed by atoms with Gasteiger partial charge in [-0.05, 0) is 130 Å². The quantitative estimate of drug-likeness (QED) is 0.327. The van der Waals surface area contributed by atoms with Crippen LogP contribution < -0.4 is 0 Å². The molecule has 0 saturated heterocycles. The Morgan fingerprint density at radius 2 is 1.65 bits per heavy atom. The highest BCUT2D eigenvalue weighted by molar-refractivity contribution is 7.86. The van der Waals surface area contributed by atoms with Crippen LogP contribution in [0.15, 0.2) is 29.2 Å². The van der Waals surface area contributed by atoms with E-state index in [0.717, 1.165) is 44.1 Å². The van der Waals surface area contributed by atoms with Gasteiger partial charge in [-0.25, -0.2) is 0 Å². The van der Waals surface area contributed by atoms with Gasteiger partial charge in [-0.15, -0.1) is 0 Å². The highest BCUT2D eigenvalue weighted by Gasteiger charge is 2.62. The van der Waals surface area contributed by atoms with Crippen LogP contribution in [0.4, 0.5) is 0 Å². The van der Waals surface area contributed by atoms with Gasteiger partial charge >= 0.3 is 0 Å². The Balaban J connectivity index is 1.20. The minimum atomic E-state index is -3.71. The lowest BCUT2D eigenvalue weighted by atomic mass is 9.43. The van der Waals surface area contributed by atoms with Crippen molar-refractivity contribution in [2.75, 3.05) is 6.61 Å². The number of hydrogen-bond acceptors (Lipinski definition) is 5. The predicted octanol–water partition coefficient (Wildman–Crippen LogP) is 6.11. The smallest absolute Gasteiger partial charge is 0.296 e. The van der Waals surface area contributed by atoms with Gasteiger partial charge in [-0.1, -0.05) is 38.5 Å². The Kier molecular flexibility index (Phi) is 7.63. The number of aliphatic hydroxyl groups excluding tert-OH is 2. The standard InChI is InChI=1S/C31H48O5S/c1-20-7-9-24(10-8-20)37(34,35)36-17-5-6-21(2)25-11-12-26-29-27(14-16-31(25,26)4)30(3)15-13-23(32)18-22(30)19-28(29)33/h7-10,21-23,25-29,32-33H,5-6,11-19H2,1-4H3/t21-,22?,23-,25-,26+,27+,28+,29+,30+,31-/m1/s1. The first kappa shape index (κ1) is 27.6. The van der Waals surface area contributed by atoms with Crippen LogP contribution in [0.2, 0.25) is 0 Å². The fourth-order valence-electron chi connectivity index (χ4n) is 9.72. The van der Waals surface area contributed by atoms with Crippen molar-refractivity contribution in [1.82, 2.24) is 0 Å². The second kappa shape index (κ2) is 10.2. The van der Waals surface area contributed by atoms with E-state index in [4.69, 9.17) is 4.18 Å². The molecule has 4 saturated carbocycles. The van der Waals surface area contributed by atoms with Crippen molar-refractivity contribution in [3.8, 4) is 0 Å². The fraction of sp³-hybridized carbons (Fsp3) is 0.806. The zero-order chi connectivity index (χ0) is 26.6. The summed E-state index contributed by atoms with van der Waals surface area (Å²) in [4.78, 5) is 0.225. The minimum absolute atomic E-state index is 0.191. The molecule has 5 rings (SSSR count). The summed E-state index contributed by atoms with van der Waals surface area (Å²) in [6, 6.07) is 6.82.